The van der Waals surface area contributed by atoms with Gasteiger partial charge in [-0.05, 0) is 43.7 Å². The van der Waals surface area contributed by atoms with E-state index in [0.717, 1.165) is 22.4 Å². The Kier molecular flexibility index (Phi) is 5.77. The maximum atomic E-state index is 12.7. The van der Waals surface area contributed by atoms with E-state index in [0.29, 0.717) is 29.6 Å². The number of amides is 1. The van der Waals surface area contributed by atoms with Gasteiger partial charge in [0.25, 0.3) is 5.95 Å². The maximum absolute atomic E-state index is 12.7. The van der Waals surface area contributed by atoms with Gasteiger partial charge in [0.15, 0.2) is 11.5 Å². The molecular formula is C25H24N6O4. The number of anilines is 1. The van der Waals surface area contributed by atoms with Crippen LogP contribution in [0.4, 0.5) is 5.82 Å². The minimum Gasteiger partial charge on any atom is -0.504 e. The Morgan fingerprint density at radius 2 is 2.09 bits per heavy atom. The molecule has 3 heterocycles. The van der Waals surface area contributed by atoms with Crippen LogP contribution in [-0.2, 0) is 4.79 Å². The summed E-state index contributed by atoms with van der Waals surface area (Å²) < 4.78 is 12.4. The zero-order valence-electron chi connectivity index (χ0n) is 19.5. The zero-order valence-corrected chi connectivity index (χ0v) is 19.5. The molecule has 0 fully saturated rings. The smallest absolute Gasteiger partial charge is 0.272 e. The minimum absolute atomic E-state index is 0.0531. The van der Waals surface area contributed by atoms with E-state index in [9.17, 15) is 9.90 Å². The van der Waals surface area contributed by atoms with Crippen molar-refractivity contribution < 1.29 is 19.4 Å². The van der Waals surface area contributed by atoms with Crippen molar-refractivity contribution in [2.24, 2.45) is 0 Å². The van der Waals surface area contributed by atoms with Gasteiger partial charge in [-0.2, -0.15) is 14.9 Å². The summed E-state index contributed by atoms with van der Waals surface area (Å²) in [5.74, 6) is 1.42. The number of carbonyl (C=O) groups is 1. The molecule has 35 heavy (non-hydrogen) atoms. The summed E-state index contributed by atoms with van der Waals surface area (Å²) in [6.07, 6.45) is 1.80. The van der Waals surface area contributed by atoms with Crippen molar-refractivity contribution in [2.45, 2.75) is 26.2 Å². The van der Waals surface area contributed by atoms with Crippen LogP contribution in [0.5, 0.6) is 17.2 Å². The third-order valence-corrected chi connectivity index (χ3v) is 5.89. The van der Waals surface area contributed by atoms with Crippen LogP contribution >= 0.6 is 0 Å². The van der Waals surface area contributed by atoms with E-state index >= 15 is 0 Å². The molecular weight excluding hydrogens is 448 g/mol. The molecule has 10 nitrogen and oxygen atoms in total. The number of aryl methyl sites for hydroxylation is 1. The molecule has 0 saturated heterocycles. The lowest BCUT2D eigenvalue weighted by Gasteiger charge is -2.24. The topological polar surface area (TPSA) is 124 Å². The molecule has 1 amide bonds. The summed E-state index contributed by atoms with van der Waals surface area (Å²) in [5.41, 5.74) is 3.83. The molecule has 0 bridgehead atoms. The van der Waals surface area contributed by atoms with Crippen molar-refractivity contribution in [3.63, 3.8) is 0 Å². The van der Waals surface area contributed by atoms with Crippen molar-refractivity contribution >= 4 is 11.7 Å². The Balaban J connectivity index is 1.59. The number of fused-ring (bicyclic) bond motifs is 1. The number of benzene rings is 2. The average Bonchev–Trinajstić information content (AvgIpc) is 3.21. The number of aromatic nitrogens is 5. The zero-order chi connectivity index (χ0) is 24.5. The highest BCUT2D eigenvalue weighted by Gasteiger charge is 2.33. The predicted molar refractivity (Wildman–Crippen MR) is 128 cm³/mol. The number of ether oxygens (including phenoxy) is 2. The van der Waals surface area contributed by atoms with Crippen molar-refractivity contribution in [3.8, 4) is 34.5 Å². The average molecular weight is 473 g/mol. The number of phenolic OH excluding ortho intramolecular Hbond substituents is 1. The van der Waals surface area contributed by atoms with E-state index in [-0.39, 0.29) is 29.9 Å². The first kappa shape index (κ1) is 22.3. The molecule has 178 valence electrons. The molecule has 5 rings (SSSR count). The van der Waals surface area contributed by atoms with Crippen LogP contribution < -0.4 is 14.8 Å². The molecule has 10 heteroatoms. The van der Waals surface area contributed by atoms with E-state index in [1.165, 1.54) is 4.68 Å². The van der Waals surface area contributed by atoms with Gasteiger partial charge in [0.2, 0.25) is 5.91 Å². The second-order valence-corrected chi connectivity index (χ2v) is 8.10. The highest BCUT2D eigenvalue weighted by molar-refractivity contribution is 5.95. The Labute approximate surface area is 201 Å². The molecule has 1 aliphatic rings. The van der Waals surface area contributed by atoms with Crippen LogP contribution in [0.2, 0.25) is 0 Å². The maximum Gasteiger partial charge on any atom is 0.272 e. The predicted octanol–water partition coefficient (Wildman–Crippen LogP) is 3.62. The van der Waals surface area contributed by atoms with Gasteiger partial charge in [-0.3, -0.25) is 4.79 Å². The van der Waals surface area contributed by atoms with Crippen LogP contribution in [0.1, 0.15) is 36.1 Å². The SMILES string of the molecule is CCOc1cc([C@@H]2CC(=O)Nc3c2c(C)nn3-c2nncc(-c3cccc(OC)c3)n2)ccc1O. The number of hydrogen-bond donors (Lipinski definition) is 2. The fourth-order valence-corrected chi connectivity index (χ4v) is 4.30. The largest absolute Gasteiger partial charge is 0.504 e. The standard InChI is InChI=1S/C25H24N6O4/c1-4-35-21-11-15(8-9-20(21)32)18-12-22(33)28-24-23(18)14(2)30-31(24)25-27-19(13-26-29-25)16-6-5-7-17(10-16)34-3/h5-11,13,18,32H,4,12H2,1-3H3,(H,28,33)/t18-/m0/s1. The van der Waals surface area contributed by atoms with Crippen molar-refractivity contribution in [3.05, 3.63) is 65.5 Å². The molecule has 0 saturated carbocycles. The first-order valence-corrected chi connectivity index (χ1v) is 11.2. The van der Waals surface area contributed by atoms with Gasteiger partial charge in [0.1, 0.15) is 11.6 Å². The lowest BCUT2D eigenvalue weighted by atomic mass is 9.85. The Morgan fingerprint density at radius 1 is 1.23 bits per heavy atom. The summed E-state index contributed by atoms with van der Waals surface area (Å²) in [6, 6.07) is 12.6. The van der Waals surface area contributed by atoms with Gasteiger partial charge in [-0.25, -0.2) is 4.98 Å². The molecule has 1 atom stereocenters. The van der Waals surface area contributed by atoms with Crippen molar-refractivity contribution in [2.75, 3.05) is 19.0 Å². The quantitative estimate of drug-likeness (QED) is 0.436. The van der Waals surface area contributed by atoms with E-state index < -0.39 is 0 Å². The second kappa shape index (κ2) is 9.05. The molecule has 0 spiro atoms. The highest BCUT2D eigenvalue weighted by atomic mass is 16.5. The van der Waals surface area contributed by atoms with Crippen LogP contribution in [0.15, 0.2) is 48.7 Å². The van der Waals surface area contributed by atoms with Gasteiger partial charge in [-0.1, -0.05) is 18.2 Å². The first-order chi connectivity index (χ1) is 17.0. The molecule has 2 aromatic carbocycles. The van der Waals surface area contributed by atoms with Crippen LogP contribution in [0.25, 0.3) is 17.2 Å². The van der Waals surface area contributed by atoms with Crippen LogP contribution in [-0.4, -0.2) is 49.7 Å². The fraction of sp³-hybridized carbons (Fsp3) is 0.240. The molecule has 1 aliphatic heterocycles. The van der Waals surface area contributed by atoms with Gasteiger partial charge >= 0.3 is 0 Å². The summed E-state index contributed by atoms with van der Waals surface area (Å²) in [5, 5.41) is 26.0. The number of aromatic hydroxyl groups is 1. The third-order valence-electron chi connectivity index (χ3n) is 5.89. The van der Waals surface area contributed by atoms with Gasteiger partial charge < -0.3 is 19.9 Å². The Morgan fingerprint density at radius 3 is 2.89 bits per heavy atom. The van der Waals surface area contributed by atoms with E-state index in [2.05, 4.69) is 25.6 Å². The molecule has 2 N–H and O–H groups in total. The van der Waals surface area contributed by atoms with E-state index in [1.54, 1.807) is 31.5 Å². The number of rotatable bonds is 6. The molecule has 2 aromatic heterocycles. The molecule has 4 aromatic rings. The fourth-order valence-electron chi connectivity index (χ4n) is 4.30. The van der Waals surface area contributed by atoms with Gasteiger partial charge in [-0.15, -0.1) is 5.10 Å². The van der Waals surface area contributed by atoms with Crippen molar-refractivity contribution in [1.82, 2.24) is 25.0 Å². The summed E-state index contributed by atoms with van der Waals surface area (Å²) in [6.45, 7) is 4.14. The first-order valence-electron chi connectivity index (χ1n) is 11.2. The molecule has 0 aliphatic carbocycles. The number of hydrogen-bond acceptors (Lipinski definition) is 8. The van der Waals surface area contributed by atoms with E-state index in [1.807, 2.05) is 38.1 Å². The number of nitrogens with zero attached hydrogens (tertiary/aromatic N) is 5. The Hall–Kier alpha value is -4.47. The lowest BCUT2D eigenvalue weighted by Crippen LogP contribution is -2.25. The lowest BCUT2D eigenvalue weighted by molar-refractivity contribution is -0.116. The summed E-state index contributed by atoms with van der Waals surface area (Å²) in [7, 11) is 1.60. The van der Waals surface area contributed by atoms with Crippen LogP contribution in [0, 0.1) is 6.92 Å². The second-order valence-electron chi connectivity index (χ2n) is 8.10. The molecule has 0 unspecified atom stereocenters. The van der Waals surface area contributed by atoms with Gasteiger partial charge in [0.05, 0.1) is 31.3 Å². The van der Waals surface area contributed by atoms with Crippen molar-refractivity contribution in [1.29, 1.82) is 0 Å². The summed E-state index contributed by atoms with van der Waals surface area (Å²) in [4.78, 5) is 17.4. The van der Waals surface area contributed by atoms with E-state index in [4.69, 9.17) is 9.47 Å². The number of phenols is 1. The number of carbonyl (C=O) groups excluding carboxylic acids is 1. The summed E-state index contributed by atoms with van der Waals surface area (Å²) >= 11 is 0. The molecule has 0 radical (unpaired) electrons. The normalized spacial score (nSPS) is 14.8. The minimum atomic E-state index is -0.276. The number of methoxy groups -OCH3 is 1. The highest BCUT2D eigenvalue weighted by Crippen LogP contribution is 2.42. The monoisotopic (exact) mass is 472 g/mol. The van der Waals surface area contributed by atoms with Gasteiger partial charge in [0, 0.05) is 23.5 Å². The third kappa shape index (κ3) is 4.14. The Bertz CT molecular complexity index is 1420. The number of nitrogens with one attached hydrogen (secondary N) is 1. The van der Waals surface area contributed by atoms with Crippen LogP contribution in [0.3, 0.4) is 0 Å².